The molecule has 1 atom stereocenters. The Morgan fingerprint density at radius 3 is 2.72 bits per heavy atom. The number of carbonyl (C=O) groups is 1. The number of hydrogen-bond acceptors (Lipinski definition) is 2. The lowest BCUT2D eigenvalue weighted by Crippen LogP contribution is -2.37. The van der Waals surface area contributed by atoms with E-state index in [9.17, 15) is 9.90 Å². The van der Waals surface area contributed by atoms with E-state index in [1.807, 2.05) is 0 Å². The molecule has 0 aromatic heterocycles. The largest absolute Gasteiger partial charge is 0.508 e. The molecule has 0 radical (unpaired) electrons. The highest BCUT2D eigenvalue weighted by Crippen LogP contribution is 2.28. The molecule has 0 bridgehead atoms. The Kier molecular flexibility index (Phi) is 3.90. The van der Waals surface area contributed by atoms with Crippen LogP contribution < -0.4 is 5.32 Å². The van der Waals surface area contributed by atoms with Gasteiger partial charge < -0.3 is 10.4 Å². The molecule has 0 heterocycles. The Hall–Kier alpha value is -1.51. The second-order valence-corrected chi connectivity index (χ2v) is 5.26. The molecule has 18 heavy (non-hydrogen) atoms. The molecule has 1 aromatic rings. The summed E-state index contributed by atoms with van der Waals surface area (Å²) in [6.07, 6.45) is 4.97. The van der Waals surface area contributed by atoms with Crippen LogP contribution in [0.3, 0.4) is 0 Å². The van der Waals surface area contributed by atoms with Crippen LogP contribution in [0.1, 0.15) is 48.5 Å². The van der Waals surface area contributed by atoms with Gasteiger partial charge in [0, 0.05) is 17.2 Å². The summed E-state index contributed by atoms with van der Waals surface area (Å²) in [6.45, 7) is 3.84. The van der Waals surface area contributed by atoms with E-state index in [0.29, 0.717) is 17.0 Å². The maximum atomic E-state index is 12.2. The van der Waals surface area contributed by atoms with Crippen molar-refractivity contribution in [1.29, 1.82) is 0 Å². The van der Waals surface area contributed by atoms with Gasteiger partial charge in [-0.25, -0.2) is 0 Å². The third kappa shape index (κ3) is 2.66. The summed E-state index contributed by atoms with van der Waals surface area (Å²) < 4.78 is 0. The quantitative estimate of drug-likeness (QED) is 0.862. The molecule has 0 spiro atoms. The molecule has 98 valence electrons. The van der Waals surface area contributed by atoms with Crippen molar-refractivity contribution in [2.45, 2.75) is 45.6 Å². The zero-order valence-corrected chi connectivity index (χ0v) is 11.1. The van der Waals surface area contributed by atoms with Crippen molar-refractivity contribution in [1.82, 2.24) is 5.32 Å². The van der Waals surface area contributed by atoms with Gasteiger partial charge in [0.15, 0.2) is 0 Å². The minimum atomic E-state index is -0.0807. The smallest absolute Gasteiger partial charge is 0.251 e. The maximum Gasteiger partial charge on any atom is 0.251 e. The van der Waals surface area contributed by atoms with Crippen LogP contribution in [0.2, 0.25) is 0 Å². The molecule has 0 saturated heterocycles. The Bertz CT molecular complexity index is 436. The van der Waals surface area contributed by atoms with Crippen LogP contribution in [0.15, 0.2) is 18.2 Å². The summed E-state index contributed by atoms with van der Waals surface area (Å²) in [7, 11) is 0. The van der Waals surface area contributed by atoms with Gasteiger partial charge in [-0.1, -0.05) is 18.9 Å². The Balaban J connectivity index is 2.05. The van der Waals surface area contributed by atoms with E-state index in [2.05, 4.69) is 12.2 Å². The van der Waals surface area contributed by atoms with Crippen LogP contribution in [-0.4, -0.2) is 17.1 Å². The first kappa shape index (κ1) is 12.9. The summed E-state index contributed by atoms with van der Waals surface area (Å²) in [5.74, 6) is 0.700. The molecule has 1 fully saturated rings. The van der Waals surface area contributed by atoms with E-state index in [1.54, 1.807) is 25.1 Å². The number of benzene rings is 1. The average molecular weight is 247 g/mol. The van der Waals surface area contributed by atoms with Crippen LogP contribution in [0.25, 0.3) is 0 Å². The van der Waals surface area contributed by atoms with Crippen LogP contribution in [0.5, 0.6) is 5.75 Å². The molecule has 2 rings (SSSR count). The maximum absolute atomic E-state index is 12.2. The SMILES string of the molecule is Cc1c(O)cccc1C(=O)NC(C)C1CCCC1. The molecule has 0 aliphatic heterocycles. The highest BCUT2D eigenvalue weighted by molar-refractivity contribution is 5.96. The Labute approximate surface area is 108 Å². The zero-order valence-electron chi connectivity index (χ0n) is 11.1. The van der Waals surface area contributed by atoms with Crippen molar-refractivity contribution in [3.05, 3.63) is 29.3 Å². The predicted molar refractivity (Wildman–Crippen MR) is 71.7 cm³/mol. The molecule has 1 amide bonds. The summed E-state index contributed by atoms with van der Waals surface area (Å²) in [6, 6.07) is 5.28. The lowest BCUT2D eigenvalue weighted by atomic mass is 9.99. The fraction of sp³-hybridized carbons (Fsp3) is 0.533. The molecule has 3 nitrogen and oxygen atoms in total. The van der Waals surface area contributed by atoms with E-state index in [1.165, 1.54) is 25.7 Å². The number of phenolic OH excluding ortho intramolecular Hbond substituents is 1. The van der Waals surface area contributed by atoms with Crippen LogP contribution in [0.4, 0.5) is 0 Å². The molecular weight excluding hydrogens is 226 g/mol. The molecule has 2 N–H and O–H groups in total. The van der Waals surface area contributed by atoms with Gasteiger partial charge in [0.2, 0.25) is 0 Å². The minimum absolute atomic E-state index is 0.0807. The molecule has 3 heteroatoms. The van der Waals surface area contributed by atoms with Gasteiger partial charge in [-0.2, -0.15) is 0 Å². The summed E-state index contributed by atoms with van der Waals surface area (Å²) in [5.41, 5.74) is 1.22. The van der Waals surface area contributed by atoms with Gasteiger partial charge in [0.1, 0.15) is 5.75 Å². The Morgan fingerprint density at radius 1 is 1.39 bits per heavy atom. The number of nitrogens with one attached hydrogen (secondary N) is 1. The number of hydrogen-bond donors (Lipinski definition) is 2. The van der Waals surface area contributed by atoms with Crippen molar-refractivity contribution in [2.75, 3.05) is 0 Å². The minimum Gasteiger partial charge on any atom is -0.508 e. The number of rotatable bonds is 3. The van der Waals surface area contributed by atoms with Crippen molar-refractivity contribution in [3.8, 4) is 5.75 Å². The second-order valence-electron chi connectivity index (χ2n) is 5.26. The van der Waals surface area contributed by atoms with Crippen molar-refractivity contribution in [3.63, 3.8) is 0 Å². The van der Waals surface area contributed by atoms with Gasteiger partial charge in [-0.15, -0.1) is 0 Å². The molecule has 1 aliphatic carbocycles. The van der Waals surface area contributed by atoms with Gasteiger partial charge >= 0.3 is 0 Å². The normalized spacial score (nSPS) is 17.7. The van der Waals surface area contributed by atoms with Gasteiger partial charge in [0.05, 0.1) is 0 Å². The van der Waals surface area contributed by atoms with Gasteiger partial charge in [-0.05, 0) is 44.7 Å². The zero-order chi connectivity index (χ0) is 13.1. The van der Waals surface area contributed by atoms with Crippen molar-refractivity contribution >= 4 is 5.91 Å². The summed E-state index contributed by atoms with van der Waals surface area (Å²) in [5, 5.41) is 12.7. The van der Waals surface area contributed by atoms with Crippen LogP contribution >= 0.6 is 0 Å². The van der Waals surface area contributed by atoms with Crippen molar-refractivity contribution < 1.29 is 9.90 Å². The van der Waals surface area contributed by atoms with Crippen LogP contribution in [-0.2, 0) is 0 Å². The van der Waals surface area contributed by atoms with Crippen LogP contribution in [0, 0.1) is 12.8 Å². The number of amides is 1. The first-order valence-corrected chi connectivity index (χ1v) is 6.69. The number of carbonyl (C=O) groups excluding carboxylic acids is 1. The molecule has 1 saturated carbocycles. The topological polar surface area (TPSA) is 49.3 Å². The number of phenols is 1. The standard InChI is InChI=1S/C15H21NO2/c1-10-13(8-5-9-14(10)17)15(18)16-11(2)12-6-3-4-7-12/h5,8-9,11-12,17H,3-4,6-7H2,1-2H3,(H,16,18). The van der Waals surface area contributed by atoms with E-state index in [-0.39, 0.29) is 17.7 Å². The van der Waals surface area contributed by atoms with E-state index < -0.39 is 0 Å². The highest BCUT2D eigenvalue weighted by atomic mass is 16.3. The second kappa shape index (κ2) is 5.42. The highest BCUT2D eigenvalue weighted by Gasteiger charge is 2.23. The average Bonchev–Trinajstić information content (AvgIpc) is 2.86. The third-order valence-corrected chi connectivity index (χ3v) is 4.02. The monoisotopic (exact) mass is 247 g/mol. The summed E-state index contributed by atoms with van der Waals surface area (Å²) in [4.78, 5) is 12.2. The van der Waals surface area contributed by atoms with Crippen molar-refractivity contribution in [2.24, 2.45) is 5.92 Å². The first-order valence-electron chi connectivity index (χ1n) is 6.69. The molecule has 1 aliphatic rings. The first-order chi connectivity index (χ1) is 8.59. The molecule has 1 unspecified atom stereocenters. The van der Waals surface area contributed by atoms with E-state index in [0.717, 1.165) is 0 Å². The summed E-state index contributed by atoms with van der Waals surface area (Å²) >= 11 is 0. The Morgan fingerprint density at radius 2 is 2.06 bits per heavy atom. The molecule has 1 aromatic carbocycles. The lowest BCUT2D eigenvalue weighted by molar-refractivity contribution is 0.0926. The predicted octanol–water partition coefficient (Wildman–Crippen LogP) is 3.01. The third-order valence-electron chi connectivity index (χ3n) is 4.02. The van der Waals surface area contributed by atoms with Gasteiger partial charge in [-0.3, -0.25) is 4.79 Å². The number of aromatic hydroxyl groups is 1. The van der Waals surface area contributed by atoms with E-state index >= 15 is 0 Å². The fourth-order valence-electron chi connectivity index (χ4n) is 2.73. The van der Waals surface area contributed by atoms with E-state index in [4.69, 9.17) is 0 Å². The van der Waals surface area contributed by atoms with Gasteiger partial charge in [0.25, 0.3) is 5.91 Å². The lowest BCUT2D eigenvalue weighted by Gasteiger charge is -2.21. The fourth-order valence-corrected chi connectivity index (χ4v) is 2.73. The molecular formula is C15H21NO2.